The summed E-state index contributed by atoms with van der Waals surface area (Å²) in [5.41, 5.74) is -0.981. The Bertz CT molecular complexity index is 903. The van der Waals surface area contributed by atoms with Gasteiger partial charge in [0.25, 0.3) is 0 Å². The highest BCUT2D eigenvalue weighted by Gasteiger charge is 2.33. The molecule has 1 N–H and O–H groups in total. The SMILES string of the molecule is CS(=O)(=O)N(CC(=O)Nc1ccc(Cl)c(C(F)(F)F)c1)c1ccccc1. The van der Waals surface area contributed by atoms with Crippen LogP contribution in [0.3, 0.4) is 0 Å². The van der Waals surface area contributed by atoms with Crippen LogP contribution < -0.4 is 9.62 Å². The van der Waals surface area contributed by atoms with E-state index in [9.17, 15) is 26.4 Å². The predicted octanol–water partition coefficient (Wildman–Crippen LogP) is 3.76. The molecule has 2 aromatic rings. The Balaban J connectivity index is 2.22. The van der Waals surface area contributed by atoms with Gasteiger partial charge in [-0.25, -0.2) is 8.42 Å². The largest absolute Gasteiger partial charge is 0.417 e. The molecule has 0 heterocycles. The summed E-state index contributed by atoms with van der Waals surface area (Å²) in [5, 5.41) is 1.75. The molecule has 0 aliphatic rings. The smallest absolute Gasteiger partial charge is 0.324 e. The van der Waals surface area contributed by atoms with E-state index in [2.05, 4.69) is 5.32 Å². The lowest BCUT2D eigenvalue weighted by Gasteiger charge is -2.22. The number of benzene rings is 2. The third-order valence-electron chi connectivity index (χ3n) is 3.29. The van der Waals surface area contributed by atoms with Crippen molar-refractivity contribution in [2.45, 2.75) is 6.18 Å². The van der Waals surface area contributed by atoms with E-state index in [-0.39, 0.29) is 11.4 Å². The Morgan fingerprint density at radius 2 is 1.77 bits per heavy atom. The molecule has 0 saturated carbocycles. The average molecular weight is 407 g/mol. The van der Waals surface area contributed by atoms with Gasteiger partial charge in [-0.15, -0.1) is 0 Å². The van der Waals surface area contributed by atoms with Crippen molar-refractivity contribution < 1.29 is 26.4 Å². The fourth-order valence-corrected chi connectivity index (χ4v) is 3.23. The third kappa shape index (κ3) is 5.12. The molecule has 0 aliphatic heterocycles. The second-order valence-corrected chi connectivity index (χ2v) is 7.66. The number of carbonyl (C=O) groups excluding carboxylic acids is 1. The third-order valence-corrected chi connectivity index (χ3v) is 4.76. The summed E-state index contributed by atoms with van der Waals surface area (Å²) < 4.78 is 63.3. The van der Waals surface area contributed by atoms with Gasteiger partial charge in [0.2, 0.25) is 15.9 Å². The molecule has 10 heteroatoms. The molecule has 0 aliphatic carbocycles. The molecule has 2 aromatic carbocycles. The second kappa shape index (κ2) is 7.55. The number of halogens is 4. The first-order valence-corrected chi connectivity index (χ1v) is 9.40. The number of alkyl halides is 3. The number of amides is 1. The van der Waals surface area contributed by atoms with E-state index in [1.54, 1.807) is 18.2 Å². The summed E-state index contributed by atoms with van der Waals surface area (Å²) in [6.07, 6.45) is -3.75. The van der Waals surface area contributed by atoms with Crippen molar-refractivity contribution in [3.8, 4) is 0 Å². The minimum atomic E-state index is -4.68. The molecule has 140 valence electrons. The van der Waals surface area contributed by atoms with Gasteiger partial charge in [-0.2, -0.15) is 13.2 Å². The molecule has 0 saturated heterocycles. The highest BCUT2D eigenvalue weighted by molar-refractivity contribution is 7.92. The zero-order chi connectivity index (χ0) is 19.5. The monoisotopic (exact) mass is 406 g/mol. The number of sulfonamides is 1. The molecular formula is C16H14ClF3N2O3S. The summed E-state index contributed by atoms with van der Waals surface area (Å²) >= 11 is 5.52. The van der Waals surface area contributed by atoms with Gasteiger partial charge in [0.1, 0.15) is 6.54 Å². The van der Waals surface area contributed by atoms with Crippen LogP contribution in [0.15, 0.2) is 48.5 Å². The van der Waals surface area contributed by atoms with Gasteiger partial charge < -0.3 is 5.32 Å². The van der Waals surface area contributed by atoms with Crippen LogP contribution in [-0.2, 0) is 21.0 Å². The van der Waals surface area contributed by atoms with Crippen LogP contribution in [0, 0.1) is 0 Å². The van der Waals surface area contributed by atoms with Gasteiger partial charge >= 0.3 is 6.18 Å². The zero-order valence-corrected chi connectivity index (χ0v) is 15.0. The van der Waals surface area contributed by atoms with Gasteiger partial charge in [-0.3, -0.25) is 9.10 Å². The molecule has 0 aromatic heterocycles. The van der Waals surface area contributed by atoms with E-state index in [1.807, 2.05) is 0 Å². The van der Waals surface area contributed by atoms with E-state index >= 15 is 0 Å². The van der Waals surface area contributed by atoms with E-state index in [0.717, 1.165) is 16.6 Å². The summed E-state index contributed by atoms with van der Waals surface area (Å²) in [4.78, 5) is 12.2. The number of nitrogens with one attached hydrogen (secondary N) is 1. The first-order chi connectivity index (χ1) is 12.0. The molecule has 0 spiro atoms. The summed E-state index contributed by atoms with van der Waals surface area (Å²) in [7, 11) is -3.77. The number of anilines is 2. The lowest BCUT2D eigenvalue weighted by molar-refractivity contribution is -0.137. The van der Waals surface area contributed by atoms with Crippen LogP contribution in [0.4, 0.5) is 24.5 Å². The summed E-state index contributed by atoms with van der Waals surface area (Å²) in [6, 6.07) is 10.8. The van der Waals surface area contributed by atoms with Gasteiger partial charge in [0.15, 0.2) is 0 Å². The van der Waals surface area contributed by atoms with Crippen molar-refractivity contribution in [3.63, 3.8) is 0 Å². The average Bonchev–Trinajstić information content (AvgIpc) is 2.53. The zero-order valence-electron chi connectivity index (χ0n) is 13.4. The fraction of sp³-hybridized carbons (Fsp3) is 0.188. The van der Waals surface area contributed by atoms with Crippen molar-refractivity contribution in [1.82, 2.24) is 0 Å². The minimum absolute atomic E-state index is 0.145. The number of hydrogen-bond acceptors (Lipinski definition) is 3. The van der Waals surface area contributed by atoms with Crippen molar-refractivity contribution in [2.24, 2.45) is 0 Å². The number of nitrogens with zero attached hydrogens (tertiary/aromatic N) is 1. The summed E-state index contributed by atoms with van der Waals surface area (Å²) in [5.74, 6) is -0.797. The fourth-order valence-electron chi connectivity index (χ4n) is 2.15. The predicted molar refractivity (Wildman–Crippen MR) is 93.7 cm³/mol. The minimum Gasteiger partial charge on any atom is -0.324 e. The highest BCUT2D eigenvalue weighted by Crippen LogP contribution is 2.36. The molecule has 0 unspecified atom stereocenters. The maximum absolute atomic E-state index is 12.9. The Labute approximate surface area is 153 Å². The van der Waals surface area contributed by atoms with Gasteiger partial charge in [0, 0.05) is 5.69 Å². The van der Waals surface area contributed by atoms with Crippen molar-refractivity contribution >= 4 is 38.9 Å². The maximum Gasteiger partial charge on any atom is 0.417 e. The molecule has 26 heavy (non-hydrogen) atoms. The van der Waals surface area contributed by atoms with Gasteiger partial charge in [0.05, 0.1) is 22.5 Å². The van der Waals surface area contributed by atoms with Crippen molar-refractivity contribution in [2.75, 3.05) is 22.4 Å². The molecular weight excluding hydrogens is 393 g/mol. The van der Waals surface area contributed by atoms with Crippen molar-refractivity contribution in [3.05, 3.63) is 59.1 Å². The van der Waals surface area contributed by atoms with Crippen molar-refractivity contribution in [1.29, 1.82) is 0 Å². The Kier molecular flexibility index (Phi) is 5.82. The quantitative estimate of drug-likeness (QED) is 0.822. The van der Waals surface area contributed by atoms with Gasteiger partial charge in [-0.1, -0.05) is 29.8 Å². The van der Waals surface area contributed by atoms with Crippen LogP contribution in [-0.4, -0.2) is 27.1 Å². The Morgan fingerprint density at radius 1 is 1.15 bits per heavy atom. The second-order valence-electron chi connectivity index (χ2n) is 5.35. The molecule has 0 bridgehead atoms. The van der Waals surface area contributed by atoms with E-state index in [4.69, 9.17) is 11.6 Å². The normalized spacial score (nSPS) is 11.9. The van der Waals surface area contributed by atoms with Crippen LogP contribution in [0.2, 0.25) is 5.02 Å². The lowest BCUT2D eigenvalue weighted by Crippen LogP contribution is -2.37. The Morgan fingerprint density at radius 3 is 2.31 bits per heavy atom. The topological polar surface area (TPSA) is 66.5 Å². The highest BCUT2D eigenvalue weighted by atomic mass is 35.5. The molecule has 0 radical (unpaired) electrons. The maximum atomic E-state index is 12.9. The van der Waals surface area contributed by atoms with Crippen LogP contribution in [0.5, 0.6) is 0 Å². The van der Waals surface area contributed by atoms with Gasteiger partial charge in [-0.05, 0) is 30.3 Å². The number of hydrogen-bond donors (Lipinski definition) is 1. The van der Waals surface area contributed by atoms with E-state index in [0.29, 0.717) is 6.07 Å². The number of para-hydroxylation sites is 1. The summed E-state index contributed by atoms with van der Waals surface area (Å²) in [6.45, 7) is -0.590. The first kappa shape index (κ1) is 20.1. The standard InChI is InChI=1S/C16H14ClF3N2O3S/c1-26(24,25)22(12-5-3-2-4-6-12)10-15(23)21-11-7-8-14(17)13(9-11)16(18,19)20/h2-9H,10H2,1H3,(H,21,23). The Hall–Kier alpha value is -2.26. The molecule has 2 rings (SSSR count). The van der Waals surface area contributed by atoms with Crippen LogP contribution in [0.25, 0.3) is 0 Å². The molecule has 0 atom stereocenters. The van der Waals surface area contributed by atoms with E-state index in [1.165, 1.54) is 18.2 Å². The molecule has 1 amide bonds. The van der Waals surface area contributed by atoms with E-state index < -0.39 is 39.2 Å². The first-order valence-electron chi connectivity index (χ1n) is 7.18. The lowest BCUT2D eigenvalue weighted by atomic mass is 10.2. The molecule has 0 fully saturated rings. The van der Waals surface area contributed by atoms with Crippen LogP contribution in [0.1, 0.15) is 5.56 Å². The van der Waals surface area contributed by atoms with Crippen LogP contribution >= 0.6 is 11.6 Å². The number of rotatable bonds is 5. The molecule has 5 nitrogen and oxygen atoms in total. The number of carbonyl (C=O) groups is 1.